The summed E-state index contributed by atoms with van der Waals surface area (Å²) in [7, 11) is 0.481. The minimum atomic E-state index is -0.895. The van der Waals surface area contributed by atoms with Crippen molar-refractivity contribution in [3.05, 3.63) is 0 Å². The Morgan fingerprint density at radius 2 is 2.19 bits per heavy atom. The molecule has 0 aliphatic heterocycles. The van der Waals surface area contributed by atoms with Gasteiger partial charge in [0.15, 0.2) is 0 Å². The molecule has 1 rings (SSSR count). The Hall–Kier alpha value is -0.380. The van der Waals surface area contributed by atoms with Crippen LogP contribution in [0.4, 0.5) is 0 Å². The van der Waals surface area contributed by atoms with Crippen LogP contribution in [0.2, 0.25) is 0 Å². The highest BCUT2D eigenvalue weighted by atomic mass is 32.2. The van der Waals surface area contributed by atoms with Crippen LogP contribution in [-0.2, 0) is 20.3 Å². The molecular formula is C12H22O3S. The van der Waals surface area contributed by atoms with E-state index in [1.165, 1.54) is 20.0 Å². The third-order valence-electron chi connectivity index (χ3n) is 3.30. The van der Waals surface area contributed by atoms with Gasteiger partial charge in [0.1, 0.15) is 0 Å². The largest absolute Gasteiger partial charge is 0.469 e. The summed E-state index contributed by atoms with van der Waals surface area (Å²) in [6, 6.07) is 0. The van der Waals surface area contributed by atoms with Crippen LogP contribution in [0.3, 0.4) is 0 Å². The van der Waals surface area contributed by atoms with Crippen molar-refractivity contribution < 1.29 is 13.7 Å². The van der Waals surface area contributed by atoms with Crippen molar-refractivity contribution in [2.45, 2.75) is 56.5 Å². The number of rotatable bonds is 4. The molecule has 0 N–H and O–H groups in total. The van der Waals surface area contributed by atoms with E-state index in [0.717, 1.165) is 12.8 Å². The SMILES string of the molecule is COC(=O)CC(C)S(=O)C1CCCC(C)C1. The highest BCUT2D eigenvalue weighted by Crippen LogP contribution is 2.28. The second-order valence-electron chi connectivity index (χ2n) is 4.81. The molecule has 1 aliphatic rings. The summed E-state index contributed by atoms with van der Waals surface area (Å²) >= 11 is 0. The number of ether oxygens (including phenoxy) is 1. The number of methoxy groups -OCH3 is 1. The van der Waals surface area contributed by atoms with Gasteiger partial charge in [-0.15, -0.1) is 0 Å². The normalized spacial score (nSPS) is 29.4. The minimum absolute atomic E-state index is 0.0808. The van der Waals surface area contributed by atoms with E-state index in [1.807, 2.05) is 6.92 Å². The van der Waals surface area contributed by atoms with Gasteiger partial charge in [0, 0.05) is 21.3 Å². The van der Waals surface area contributed by atoms with Crippen molar-refractivity contribution in [2.24, 2.45) is 5.92 Å². The lowest BCUT2D eigenvalue weighted by atomic mass is 9.91. The van der Waals surface area contributed by atoms with Crippen LogP contribution in [0.1, 0.15) is 46.0 Å². The highest BCUT2D eigenvalue weighted by Gasteiger charge is 2.28. The third-order valence-corrected chi connectivity index (χ3v) is 5.34. The molecule has 1 saturated carbocycles. The molecule has 0 spiro atoms. The third kappa shape index (κ3) is 3.89. The first-order valence-electron chi connectivity index (χ1n) is 6.00. The Morgan fingerprint density at radius 3 is 2.75 bits per heavy atom. The summed E-state index contributed by atoms with van der Waals surface area (Å²) in [4.78, 5) is 11.1. The molecule has 0 aromatic carbocycles. The first-order valence-corrected chi connectivity index (χ1v) is 7.28. The van der Waals surface area contributed by atoms with Gasteiger partial charge in [-0.1, -0.05) is 26.7 Å². The van der Waals surface area contributed by atoms with E-state index in [1.54, 1.807) is 0 Å². The summed E-state index contributed by atoms with van der Waals surface area (Å²) in [5, 5.41) is 0.200. The molecule has 3 nitrogen and oxygen atoms in total. The molecular weight excluding hydrogens is 224 g/mol. The van der Waals surface area contributed by atoms with Crippen molar-refractivity contribution in [3.63, 3.8) is 0 Å². The Bertz CT molecular complexity index is 265. The first kappa shape index (κ1) is 13.7. The van der Waals surface area contributed by atoms with Crippen LogP contribution < -0.4 is 0 Å². The molecule has 1 fully saturated rings. The second kappa shape index (κ2) is 6.38. The van der Waals surface area contributed by atoms with Crippen LogP contribution in [-0.4, -0.2) is 27.8 Å². The average molecular weight is 246 g/mol. The lowest BCUT2D eigenvalue weighted by molar-refractivity contribution is -0.140. The number of hydrogen-bond donors (Lipinski definition) is 0. The summed E-state index contributed by atoms with van der Waals surface area (Å²) in [6.45, 7) is 4.10. The van der Waals surface area contributed by atoms with E-state index in [9.17, 15) is 9.00 Å². The first-order chi connectivity index (χ1) is 7.54. The Kier molecular flexibility index (Phi) is 5.46. The maximum atomic E-state index is 12.2. The van der Waals surface area contributed by atoms with Gasteiger partial charge in [-0.25, -0.2) is 0 Å². The van der Waals surface area contributed by atoms with Crippen molar-refractivity contribution in [3.8, 4) is 0 Å². The Balaban J connectivity index is 2.46. The van der Waals surface area contributed by atoms with E-state index < -0.39 is 10.8 Å². The second-order valence-corrected chi connectivity index (χ2v) is 6.94. The van der Waals surface area contributed by atoms with Crippen LogP contribution in [0, 0.1) is 5.92 Å². The van der Waals surface area contributed by atoms with E-state index in [2.05, 4.69) is 11.7 Å². The van der Waals surface area contributed by atoms with E-state index in [-0.39, 0.29) is 22.9 Å². The smallest absolute Gasteiger partial charge is 0.306 e. The van der Waals surface area contributed by atoms with Gasteiger partial charge < -0.3 is 4.74 Å². The van der Waals surface area contributed by atoms with E-state index >= 15 is 0 Å². The molecule has 0 aromatic rings. The molecule has 1 aliphatic carbocycles. The van der Waals surface area contributed by atoms with Gasteiger partial charge in [-0.3, -0.25) is 9.00 Å². The monoisotopic (exact) mass is 246 g/mol. The minimum Gasteiger partial charge on any atom is -0.469 e. The van der Waals surface area contributed by atoms with Crippen molar-refractivity contribution in [2.75, 3.05) is 7.11 Å². The van der Waals surface area contributed by atoms with E-state index in [0.29, 0.717) is 5.92 Å². The zero-order valence-electron chi connectivity index (χ0n) is 10.4. The molecule has 4 unspecified atom stereocenters. The van der Waals surface area contributed by atoms with E-state index in [4.69, 9.17) is 0 Å². The van der Waals surface area contributed by atoms with Crippen molar-refractivity contribution in [1.82, 2.24) is 0 Å². The molecule has 0 amide bonds. The molecule has 0 bridgehead atoms. The highest BCUT2D eigenvalue weighted by molar-refractivity contribution is 7.86. The maximum absolute atomic E-state index is 12.2. The van der Waals surface area contributed by atoms with Crippen LogP contribution in [0.25, 0.3) is 0 Å². The summed E-state index contributed by atoms with van der Waals surface area (Å²) in [5.74, 6) is 0.415. The summed E-state index contributed by atoms with van der Waals surface area (Å²) < 4.78 is 16.8. The number of carbonyl (C=O) groups excluding carboxylic acids is 1. The lowest BCUT2D eigenvalue weighted by Crippen LogP contribution is -2.30. The van der Waals surface area contributed by atoms with Crippen LogP contribution in [0.5, 0.6) is 0 Å². The number of hydrogen-bond acceptors (Lipinski definition) is 3. The van der Waals surface area contributed by atoms with Gasteiger partial charge in [0.25, 0.3) is 0 Å². The standard InChI is InChI=1S/C12H22O3S/c1-9-5-4-6-11(7-9)16(14)10(2)8-12(13)15-3/h9-11H,4-8H2,1-3H3. The number of esters is 1. The van der Waals surface area contributed by atoms with Gasteiger partial charge in [-0.05, 0) is 18.8 Å². The predicted molar refractivity (Wildman–Crippen MR) is 65.7 cm³/mol. The molecule has 0 heterocycles. The summed E-state index contributed by atoms with van der Waals surface area (Å²) in [5.41, 5.74) is 0. The van der Waals surface area contributed by atoms with Crippen molar-refractivity contribution in [1.29, 1.82) is 0 Å². The number of carbonyl (C=O) groups is 1. The molecule has 94 valence electrons. The van der Waals surface area contributed by atoms with Gasteiger partial charge in [-0.2, -0.15) is 0 Å². The molecule has 0 radical (unpaired) electrons. The molecule has 0 saturated heterocycles. The lowest BCUT2D eigenvalue weighted by Gasteiger charge is -2.28. The fourth-order valence-corrected chi connectivity index (χ4v) is 4.19. The van der Waals surface area contributed by atoms with Crippen molar-refractivity contribution >= 4 is 16.8 Å². The maximum Gasteiger partial charge on any atom is 0.306 e. The van der Waals surface area contributed by atoms with Gasteiger partial charge in [0.2, 0.25) is 0 Å². The fraction of sp³-hybridized carbons (Fsp3) is 0.917. The topological polar surface area (TPSA) is 43.4 Å². The Labute approximate surface area is 100 Å². The fourth-order valence-electron chi connectivity index (χ4n) is 2.32. The molecule has 0 aromatic heterocycles. The summed E-state index contributed by atoms with van der Waals surface area (Å²) in [6.07, 6.45) is 4.77. The molecule has 4 heteroatoms. The quantitative estimate of drug-likeness (QED) is 0.715. The zero-order valence-corrected chi connectivity index (χ0v) is 11.2. The average Bonchev–Trinajstić information content (AvgIpc) is 2.27. The van der Waals surface area contributed by atoms with Gasteiger partial charge in [0.05, 0.1) is 13.5 Å². The van der Waals surface area contributed by atoms with Crippen LogP contribution >= 0.6 is 0 Å². The molecule has 4 atom stereocenters. The Morgan fingerprint density at radius 1 is 1.50 bits per heavy atom. The van der Waals surface area contributed by atoms with Crippen LogP contribution in [0.15, 0.2) is 0 Å². The predicted octanol–water partition coefficient (Wildman–Crippen LogP) is 2.27. The zero-order chi connectivity index (χ0) is 12.1. The molecule has 16 heavy (non-hydrogen) atoms. The van der Waals surface area contributed by atoms with Gasteiger partial charge >= 0.3 is 5.97 Å².